The lowest BCUT2D eigenvalue weighted by atomic mass is 9.91. The minimum absolute atomic E-state index is 0.0208. The maximum Gasteiger partial charge on any atom is 0.129 e. The van der Waals surface area contributed by atoms with Crippen molar-refractivity contribution in [3.63, 3.8) is 0 Å². The molecule has 0 aliphatic rings. The summed E-state index contributed by atoms with van der Waals surface area (Å²) >= 11 is 5.77. The molecular weight excluding hydrogens is 186 g/mol. The van der Waals surface area contributed by atoms with E-state index in [9.17, 15) is 0 Å². The zero-order valence-electron chi connectivity index (χ0n) is 9.44. The van der Waals surface area contributed by atoms with Crippen molar-refractivity contribution in [2.45, 2.75) is 47.1 Å². The Kier molecular flexibility index (Phi) is 4.24. The van der Waals surface area contributed by atoms with Crippen molar-refractivity contribution in [3.05, 3.63) is 0 Å². The molecule has 3 heteroatoms. The zero-order chi connectivity index (χ0) is 10.7. The van der Waals surface area contributed by atoms with E-state index in [4.69, 9.17) is 16.4 Å². The third-order valence-electron chi connectivity index (χ3n) is 1.42. The summed E-state index contributed by atoms with van der Waals surface area (Å²) < 4.78 is 0. The van der Waals surface area contributed by atoms with Crippen LogP contribution >= 0.6 is 11.6 Å². The normalized spacial score (nSPS) is 14.5. The van der Waals surface area contributed by atoms with E-state index in [0.29, 0.717) is 5.88 Å². The van der Waals surface area contributed by atoms with Crippen molar-refractivity contribution in [1.29, 1.82) is 0 Å². The van der Waals surface area contributed by atoms with Gasteiger partial charge in [-0.05, 0) is 20.8 Å². The van der Waals surface area contributed by atoms with E-state index in [2.05, 4.69) is 25.9 Å². The van der Waals surface area contributed by atoms with E-state index >= 15 is 0 Å². The number of rotatable bonds is 2. The van der Waals surface area contributed by atoms with Gasteiger partial charge in [-0.15, -0.1) is 11.6 Å². The Labute approximate surface area is 86.3 Å². The van der Waals surface area contributed by atoms with Crippen molar-refractivity contribution in [2.24, 2.45) is 10.6 Å². The SMILES string of the molecule is CC(C)(C)ON=C(CCl)C(C)(C)C. The monoisotopic (exact) mass is 205 g/mol. The molecule has 13 heavy (non-hydrogen) atoms. The standard InChI is InChI=1S/C10H20ClNO/c1-9(2,3)8(7-11)12-13-10(4,5)6/h7H2,1-6H3. The Morgan fingerprint density at radius 2 is 1.62 bits per heavy atom. The highest BCUT2D eigenvalue weighted by Crippen LogP contribution is 2.18. The third-order valence-corrected chi connectivity index (χ3v) is 1.68. The van der Waals surface area contributed by atoms with Gasteiger partial charge in [-0.3, -0.25) is 0 Å². The molecule has 2 nitrogen and oxygen atoms in total. The third kappa shape index (κ3) is 5.92. The molecule has 0 atom stereocenters. The van der Waals surface area contributed by atoms with Crippen molar-refractivity contribution < 1.29 is 4.84 Å². The van der Waals surface area contributed by atoms with Crippen LogP contribution in [0.4, 0.5) is 0 Å². The highest BCUT2D eigenvalue weighted by molar-refractivity contribution is 6.29. The van der Waals surface area contributed by atoms with Gasteiger partial charge in [0, 0.05) is 5.41 Å². The van der Waals surface area contributed by atoms with Crippen LogP contribution in [-0.2, 0) is 4.84 Å². The quantitative estimate of drug-likeness (QED) is 0.385. The minimum Gasteiger partial charge on any atom is -0.390 e. The number of oxime groups is 1. The van der Waals surface area contributed by atoms with Gasteiger partial charge in [0.25, 0.3) is 0 Å². The lowest BCUT2D eigenvalue weighted by molar-refractivity contribution is -0.000501. The molecule has 0 spiro atoms. The fourth-order valence-electron chi connectivity index (χ4n) is 0.554. The van der Waals surface area contributed by atoms with E-state index < -0.39 is 0 Å². The maximum absolute atomic E-state index is 5.77. The molecule has 0 unspecified atom stereocenters. The molecule has 78 valence electrons. The second-order valence-corrected chi connectivity index (χ2v) is 5.39. The Morgan fingerprint density at radius 1 is 1.15 bits per heavy atom. The van der Waals surface area contributed by atoms with Gasteiger partial charge in [-0.1, -0.05) is 25.9 Å². The van der Waals surface area contributed by atoms with E-state index in [1.54, 1.807) is 0 Å². The van der Waals surface area contributed by atoms with Gasteiger partial charge in [-0.2, -0.15) is 0 Å². The Balaban J connectivity index is 4.42. The number of hydrogen-bond acceptors (Lipinski definition) is 2. The lowest BCUT2D eigenvalue weighted by Crippen LogP contribution is -2.25. The highest BCUT2D eigenvalue weighted by atomic mass is 35.5. The summed E-state index contributed by atoms with van der Waals surface area (Å²) in [6, 6.07) is 0. The molecule has 0 aromatic heterocycles. The van der Waals surface area contributed by atoms with Crippen LogP contribution in [0.5, 0.6) is 0 Å². The predicted molar refractivity (Wildman–Crippen MR) is 58.4 cm³/mol. The van der Waals surface area contributed by atoms with Crippen molar-refractivity contribution >= 4 is 17.3 Å². The van der Waals surface area contributed by atoms with Crippen molar-refractivity contribution in [3.8, 4) is 0 Å². The molecule has 0 aliphatic carbocycles. The summed E-state index contributed by atoms with van der Waals surface area (Å²) in [4.78, 5) is 5.31. The lowest BCUT2D eigenvalue weighted by Gasteiger charge is -2.22. The molecule has 0 aliphatic heterocycles. The number of alkyl halides is 1. The van der Waals surface area contributed by atoms with E-state index in [0.717, 1.165) is 5.71 Å². The number of hydrogen-bond donors (Lipinski definition) is 0. The molecule has 0 rings (SSSR count). The Bertz CT molecular complexity index is 186. The van der Waals surface area contributed by atoms with Crippen LogP contribution in [0.1, 0.15) is 41.5 Å². The molecule has 0 amide bonds. The zero-order valence-corrected chi connectivity index (χ0v) is 10.2. The second kappa shape index (κ2) is 4.32. The molecule has 0 radical (unpaired) electrons. The van der Waals surface area contributed by atoms with Crippen LogP contribution in [0.15, 0.2) is 5.16 Å². The van der Waals surface area contributed by atoms with E-state index in [1.807, 2.05) is 20.8 Å². The van der Waals surface area contributed by atoms with Crippen LogP contribution < -0.4 is 0 Å². The molecule has 0 heterocycles. The summed E-state index contributed by atoms with van der Waals surface area (Å²) in [5.74, 6) is 0.416. The summed E-state index contributed by atoms with van der Waals surface area (Å²) in [6.45, 7) is 12.1. The first-order valence-electron chi connectivity index (χ1n) is 4.48. The first kappa shape index (κ1) is 12.8. The second-order valence-electron chi connectivity index (χ2n) is 5.13. The first-order chi connectivity index (χ1) is 5.67. The smallest absolute Gasteiger partial charge is 0.129 e. The predicted octanol–water partition coefficient (Wildman–Crippen LogP) is 3.44. The van der Waals surface area contributed by atoms with Gasteiger partial charge in [0.2, 0.25) is 0 Å². The maximum atomic E-state index is 5.77. The largest absolute Gasteiger partial charge is 0.390 e. The van der Waals surface area contributed by atoms with Crippen molar-refractivity contribution in [1.82, 2.24) is 0 Å². The molecule has 0 saturated carbocycles. The Morgan fingerprint density at radius 3 is 1.85 bits per heavy atom. The van der Waals surface area contributed by atoms with Crippen molar-refractivity contribution in [2.75, 3.05) is 5.88 Å². The molecule has 0 aromatic rings. The van der Waals surface area contributed by atoms with E-state index in [-0.39, 0.29) is 11.0 Å². The summed E-state index contributed by atoms with van der Waals surface area (Å²) in [5.41, 5.74) is 0.610. The molecule has 0 saturated heterocycles. The van der Waals surface area contributed by atoms with Crippen LogP contribution in [-0.4, -0.2) is 17.2 Å². The van der Waals surface area contributed by atoms with Gasteiger partial charge in [0.1, 0.15) is 5.60 Å². The van der Waals surface area contributed by atoms with Gasteiger partial charge in [0.15, 0.2) is 0 Å². The molecule has 0 bridgehead atoms. The number of halogens is 1. The molecular formula is C10H20ClNO. The Hall–Kier alpha value is -0.240. The average molecular weight is 206 g/mol. The van der Waals surface area contributed by atoms with Gasteiger partial charge in [-0.25, -0.2) is 0 Å². The summed E-state index contributed by atoms with van der Waals surface area (Å²) in [6.07, 6.45) is 0. The van der Waals surface area contributed by atoms with Gasteiger partial charge >= 0.3 is 0 Å². The van der Waals surface area contributed by atoms with E-state index in [1.165, 1.54) is 0 Å². The summed E-state index contributed by atoms with van der Waals surface area (Å²) in [5, 5.41) is 4.07. The van der Waals surface area contributed by atoms with Crippen LogP contribution in [0.25, 0.3) is 0 Å². The van der Waals surface area contributed by atoms with Crippen LogP contribution in [0, 0.1) is 5.41 Å². The fraction of sp³-hybridized carbons (Fsp3) is 0.900. The highest BCUT2D eigenvalue weighted by Gasteiger charge is 2.20. The topological polar surface area (TPSA) is 21.6 Å². The molecule has 0 fully saturated rings. The molecule has 0 N–H and O–H groups in total. The summed E-state index contributed by atoms with van der Waals surface area (Å²) in [7, 11) is 0. The minimum atomic E-state index is -0.247. The van der Waals surface area contributed by atoms with Gasteiger partial charge < -0.3 is 4.84 Å². The fourth-order valence-corrected chi connectivity index (χ4v) is 1.00. The number of nitrogens with zero attached hydrogens (tertiary/aromatic N) is 1. The van der Waals surface area contributed by atoms with Crippen LogP contribution in [0.3, 0.4) is 0 Å². The van der Waals surface area contributed by atoms with Gasteiger partial charge in [0.05, 0.1) is 11.6 Å². The first-order valence-corrected chi connectivity index (χ1v) is 5.02. The average Bonchev–Trinajstić information content (AvgIpc) is 1.82. The molecule has 0 aromatic carbocycles. The van der Waals surface area contributed by atoms with Crippen LogP contribution in [0.2, 0.25) is 0 Å².